The van der Waals surface area contributed by atoms with Gasteiger partial charge < -0.3 is 4.74 Å². The van der Waals surface area contributed by atoms with Gasteiger partial charge in [-0.25, -0.2) is 0 Å². The van der Waals surface area contributed by atoms with Crippen molar-refractivity contribution >= 4 is 5.97 Å². The molecule has 2 heteroatoms. The van der Waals surface area contributed by atoms with Gasteiger partial charge in [0.05, 0.1) is 6.61 Å². The Kier molecular flexibility index (Phi) is 8.62. The summed E-state index contributed by atoms with van der Waals surface area (Å²) in [6, 6.07) is 0. The second-order valence-electron chi connectivity index (χ2n) is 5.43. The van der Waals surface area contributed by atoms with Gasteiger partial charge in [0.1, 0.15) is 0 Å². The smallest absolute Gasteiger partial charge is 0.305 e. The van der Waals surface area contributed by atoms with Crippen molar-refractivity contribution in [3.05, 3.63) is 12.2 Å². The molecule has 0 amide bonds. The van der Waals surface area contributed by atoms with E-state index in [0.29, 0.717) is 18.9 Å². The third-order valence-electron chi connectivity index (χ3n) is 3.55. The summed E-state index contributed by atoms with van der Waals surface area (Å²) < 4.78 is 5.24. The van der Waals surface area contributed by atoms with E-state index in [0.717, 1.165) is 12.8 Å². The molecule has 1 aliphatic heterocycles. The van der Waals surface area contributed by atoms with E-state index in [9.17, 15) is 4.79 Å². The minimum atomic E-state index is -0.0155. The van der Waals surface area contributed by atoms with Gasteiger partial charge in [-0.3, -0.25) is 4.79 Å². The molecule has 104 valence electrons. The second-order valence-corrected chi connectivity index (χ2v) is 5.43. The third-order valence-corrected chi connectivity index (χ3v) is 3.55. The maximum absolute atomic E-state index is 11.4. The molecule has 0 aromatic heterocycles. The summed E-state index contributed by atoms with van der Waals surface area (Å²) in [6.07, 6.45) is 16.1. The van der Waals surface area contributed by atoms with E-state index >= 15 is 0 Å². The van der Waals surface area contributed by atoms with Gasteiger partial charge in [-0.05, 0) is 31.6 Å². The van der Waals surface area contributed by atoms with E-state index in [1.807, 2.05) is 0 Å². The van der Waals surface area contributed by atoms with Crippen LogP contribution in [0.25, 0.3) is 0 Å². The quantitative estimate of drug-likeness (QED) is 0.464. The van der Waals surface area contributed by atoms with Crippen LogP contribution in [0.1, 0.15) is 71.1 Å². The molecular formula is C16H28O2. The first kappa shape index (κ1) is 15.3. The fraction of sp³-hybridized carbons (Fsp3) is 0.812. The Morgan fingerprint density at radius 3 is 2.50 bits per heavy atom. The average molecular weight is 252 g/mol. The van der Waals surface area contributed by atoms with E-state index in [4.69, 9.17) is 4.74 Å². The van der Waals surface area contributed by atoms with Crippen molar-refractivity contribution in [2.24, 2.45) is 5.92 Å². The van der Waals surface area contributed by atoms with E-state index < -0.39 is 0 Å². The SMILES string of the molecule is CC1/C=C\CCCCCCCCCC(=O)OCC1. The topological polar surface area (TPSA) is 26.3 Å². The predicted octanol–water partition coefficient (Wildman–Crippen LogP) is 4.64. The first-order valence-corrected chi connectivity index (χ1v) is 7.61. The molecule has 0 bridgehead atoms. The summed E-state index contributed by atoms with van der Waals surface area (Å²) in [5.41, 5.74) is 0. The second kappa shape index (κ2) is 10.2. The summed E-state index contributed by atoms with van der Waals surface area (Å²) in [5.74, 6) is 0.504. The van der Waals surface area contributed by atoms with E-state index in [-0.39, 0.29) is 5.97 Å². The lowest BCUT2D eigenvalue weighted by Crippen LogP contribution is -2.07. The molecule has 1 unspecified atom stereocenters. The lowest BCUT2D eigenvalue weighted by molar-refractivity contribution is -0.144. The Morgan fingerprint density at radius 2 is 1.72 bits per heavy atom. The molecule has 1 aliphatic rings. The van der Waals surface area contributed by atoms with Crippen molar-refractivity contribution in [3.63, 3.8) is 0 Å². The molecule has 1 atom stereocenters. The van der Waals surface area contributed by atoms with Gasteiger partial charge in [-0.1, -0.05) is 51.2 Å². The van der Waals surface area contributed by atoms with Crippen LogP contribution >= 0.6 is 0 Å². The minimum absolute atomic E-state index is 0.0155. The van der Waals surface area contributed by atoms with Gasteiger partial charge in [0.2, 0.25) is 0 Å². The van der Waals surface area contributed by atoms with Gasteiger partial charge in [0.25, 0.3) is 0 Å². The van der Waals surface area contributed by atoms with E-state index in [1.165, 1.54) is 44.9 Å². The van der Waals surface area contributed by atoms with Crippen LogP contribution < -0.4 is 0 Å². The van der Waals surface area contributed by atoms with Crippen LogP contribution in [0.4, 0.5) is 0 Å². The zero-order valence-corrected chi connectivity index (χ0v) is 11.8. The van der Waals surface area contributed by atoms with Gasteiger partial charge in [0, 0.05) is 6.42 Å². The Hall–Kier alpha value is -0.790. The molecule has 0 radical (unpaired) electrons. The van der Waals surface area contributed by atoms with Crippen LogP contribution in [0, 0.1) is 5.92 Å². The van der Waals surface area contributed by atoms with Gasteiger partial charge in [-0.15, -0.1) is 0 Å². The molecule has 0 fully saturated rings. The predicted molar refractivity (Wildman–Crippen MR) is 75.4 cm³/mol. The number of hydrogen-bond donors (Lipinski definition) is 0. The monoisotopic (exact) mass is 252 g/mol. The van der Waals surface area contributed by atoms with Gasteiger partial charge in [-0.2, -0.15) is 0 Å². The van der Waals surface area contributed by atoms with Crippen LogP contribution in [0.5, 0.6) is 0 Å². The van der Waals surface area contributed by atoms with Crippen molar-refractivity contribution in [2.45, 2.75) is 71.1 Å². The average Bonchev–Trinajstić information content (AvgIpc) is 2.34. The maximum Gasteiger partial charge on any atom is 0.305 e. The Balaban J connectivity index is 2.28. The highest BCUT2D eigenvalue weighted by Crippen LogP contribution is 2.12. The van der Waals surface area contributed by atoms with Crippen molar-refractivity contribution < 1.29 is 9.53 Å². The summed E-state index contributed by atoms with van der Waals surface area (Å²) in [5, 5.41) is 0. The summed E-state index contributed by atoms with van der Waals surface area (Å²) >= 11 is 0. The molecule has 0 N–H and O–H groups in total. The van der Waals surface area contributed by atoms with Crippen LogP contribution in [-0.4, -0.2) is 12.6 Å². The lowest BCUT2D eigenvalue weighted by Gasteiger charge is -2.08. The maximum atomic E-state index is 11.4. The number of esters is 1. The number of cyclic esters (lactones) is 1. The molecule has 1 heterocycles. The first-order chi connectivity index (χ1) is 8.79. The molecule has 0 saturated heterocycles. The highest BCUT2D eigenvalue weighted by Gasteiger charge is 2.04. The van der Waals surface area contributed by atoms with Gasteiger partial charge in [0.15, 0.2) is 0 Å². The molecule has 0 aliphatic carbocycles. The zero-order valence-electron chi connectivity index (χ0n) is 11.8. The molecule has 0 saturated carbocycles. The van der Waals surface area contributed by atoms with Crippen LogP contribution in [0.2, 0.25) is 0 Å². The molecule has 2 nitrogen and oxygen atoms in total. The number of hydrogen-bond acceptors (Lipinski definition) is 2. The van der Waals surface area contributed by atoms with E-state index in [2.05, 4.69) is 19.1 Å². The number of carbonyl (C=O) groups is 1. The summed E-state index contributed by atoms with van der Waals surface area (Å²) in [4.78, 5) is 11.4. The normalized spacial score (nSPS) is 27.4. The van der Waals surface area contributed by atoms with Crippen LogP contribution in [-0.2, 0) is 9.53 Å². The number of ether oxygens (including phenoxy) is 1. The van der Waals surface area contributed by atoms with Crippen LogP contribution in [0.15, 0.2) is 12.2 Å². The molecular weight excluding hydrogens is 224 g/mol. The molecule has 1 rings (SSSR count). The zero-order chi connectivity index (χ0) is 13.1. The minimum Gasteiger partial charge on any atom is -0.466 e. The molecule has 0 aromatic rings. The number of allylic oxidation sites excluding steroid dienone is 2. The fourth-order valence-corrected chi connectivity index (χ4v) is 2.27. The number of carbonyl (C=O) groups excluding carboxylic acids is 1. The van der Waals surface area contributed by atoms with Crippen molar-refractivity contribution in [3.8, 4) is 0 Å². The highest BCUT2D eigenvalue weighted by atomic mass is 16.5. The van der Waals surface area contributed by atoms with Crippen molar-refractivity contribution in [1.29, 1.82) is 0 Å². The highest BCUT2D eigenvalue weighted by molar-refractivity contribution is 5.69. The van der Waals surface area contributed by atoms with Crippen LogP contribution in [0.3, 0.4) is 0 Å². The lowest BCUT2D eigenvalue weighted by atomic mass is 10.0. The Morgan fingerprint density at radius 1 is 1.06 bits per heavy atom. The molecule has 0 spiro atoms. The molecule has 18 heavy (non-hydrogen) atoms. The van der Waals surface area contributed by atoms with E-state index in [1.54, 1.807) is 0 Å². The Labute approximate surface area is 112 Å². The standard InChI is InChI=1S/C16H28O2/c1-15-11-9-7-5-3-2-4-6-8-10-12-16(17)18-14-13-15/h9,11,15H,2-8,10,12-14H2,1H3/b11-9-. The van der Waals surface area contributed by atoms with Gasteiger partial charge >= 0.3 is 5.97 Å². The Bertz CT molecular complexity index is 245. The number of rotatable bonds is 0. The first-order valence-electron chi connectivity index (χ1n) is 7.61. The summed E-state index contributed by atoms with van der Waals surface area (Å²) in [7, 11) is 0. The molecule has 0 aromatic carbocycles. The largest absolute Gasteiger partial charge is 0.466 e. The third kappa shape index (κ3) is 8.32. The van der Waals surface area contributed by atoms with Crippen molar-refractivity contribution in [2.75, 3.05) is 6.61 Å². The summed E-state index contributed by atoms with van der Waals surface area (Å²) in [6.45, 7) is 2.76. The fourth-order valence-electron chi connectivity index (χ4n) is 2.27. The van der Waals surface area contributed by atoms with Crippen molar-refractivity contribution in [1.82, 2.24) is 0 Å².